The van der Waals surface area contributed by atoms with Crippen LogP contribution in [0.25, 0.3) is 11.0 Å². The second kappa shape index (κ2) is 15.4. The van der Waals surface area contributed by atoms with E-state index in [1.54, 1.807) is 30.3 Å². The van der Waals surface area contributed by atoms with Gasteiger partial charge in [0.2, 0.25) is 29.5 Å². The minimum atomic E-state index is -1.08. The molecule has 2 aliphatic heterocycles. The third kappa shape index (κ3) is 9.07. The molecular weight excluding hydrogens is 657 g/mol. The molecule has 2 bridgehead atoms. The molecule has 1 spiro atoms. The number of aromatic nitrogens is 2. The lowest BCUT2D eigenvalue weighted by Crippen LogP contribution is -2.59. The van der Waals surface area contributed by atoms with Crippen LogP contribution in [-0.4, -0.2) is 76.3 Å². The van der Waals surface area contributed by atoms with Crippen LogP contribution in [0.3, 0.4) is 0 Å². The Hall–Kier alpha value is -5.79. The molecule has 5 amide bonds. The number of nitrogens with one attached hydrogen (secondary N) is 6. The van der Waals surface area contributed by atoms with Crippen molar-refractivity contribution in [3.8, 4) is 5.75 Å². The highest BCUT2D eigenvalue weighted by molar-refractivity contribution is 5.98. The van der Waals surface area contributed by atoms with Crippen LogP contribution in [0.2, 0.25) is 0 Å². The molecule has 13 nitrogen and oxygen atoms in total. The van der Waals surface area contributed by atoms with Gasteiger partial charge < -0.3 is 36.3 Å². The number of nitrogens with zero attached hydrogens (tertiary/aromatic N) is 1. The summed E-state index contributed by atoms with van der Waals surface area (Å²) in [6, 6.07) is 17.1. The molecule has 1 aromatic heterocycles. The lowest BCUT2D eigenvalue weighted by molar-refractivity contribution is -0.134. The van der Waals surface area contributed by atoms with Crippen molar-refractivity contribution in [1.29, 1.82) is 0 Å². The lowest BCUT2D eigenvalue weighted by Gasteiger charge is -2.25. The third-order valence-corrected chi connectivity index (χ3v) is 8.97. The largest absolute Gasteiger partial charge is 0.492 e. The van der Waals surface area contributed by atoms with Gasteiger partial charge in [-0.1, -0.05) is 42.5 Å². The number of carbonyl (C=O) groups is 5. The molecule has 14 heteroatoms. The summed E-state index contributed by atoms with van der Waals surface area (Å²) in [4.78, 5) is 74.4. The molecule has 3 heterocycles. The number of H-pyrrole nitrogens is 1. The van der Waals surface area contributed by atoms with Crippen LogP contribution >= 0.6 is 0 Å². The zero-order chi connectivity index (χ0) is 36.0. The van der Waals surface area contributed by atoms with Gasteiger partial charge in [-0.25, -0.2) is 9.37 Å². The number of aryl methyl sites for hydroxylation is 1. The molecule has 3 atom stereocenters. The molecule has 266 valence electrons. The van der Waals surface area contributed by atoms with Crippen LogP contribution in [0.5, 0.6) is 5.75 Å². The number of rotatable bonds is 6. The molecule has 1 fully saturated rings. The number of amides is 5. The van der Waals surface area contributed by atoms with Gasteiger partial charge in [-0.15, -0.1) is 0 Å². The third-order valence-electron chi connectivity index (χ3n) is 8.97. The molecule has 3 aliphatic rings. The summed E-state index contributed by atoms with van der Waals surface area (Å²) in [6.45, 7) is 1.88. The van der Waals surface area contributed by atoms with Crippen molar-refractivity contribution in [1.82, 2.24) is 36.6 Å². The Morgan fingerprint density at radius 1 is 0.961 bits per heavy atom. The van der Waals surface area contributed by atoms with E-state index in [-0.39, 0.29) is 44.7 Å². The highest BCUT2D eigenvalue weighted by Crippen LogP contribution is 2.35. The predicted molar refractivity (Wildman–Crippen MR) is 185 cm³/mol. The number of fused-ring (bicyclic) bond motifs is 16. The van der Waals surface area contributed by atoms with Gasteiger partial charge in [-0.05, 0) is 61.2 Å². The maximum Gasteiger partial charge on any atom is 0.245 e. The first-order chi connectivity index (χ1) is 24.6. The van der Waals surface area contributed by atoms with Crippen molar-refractivity contribution < 1.29 is 33.1 Å². The number of ether oxygens (including phenoxy) is 1. The summed E-state index contributed by atoms with van der Waals surface area (Å²) < 4.78 is 19.4. The summed E-state index contributed by atoms with van der Waals surface area (Å²) in [5, 5.41) is 13.9. The van der Waals surface area contributed by atoms with Crippen LogP contribution in [-0.2, 0) is 43.2 Å². The standard InChI is InChI=1S/C37H40FN7O6/c1-22-33(47)44-30(19-23-5-3-2-4-6-23)35(49)45-37(15-16-37)36(50)39-17-18-51-26-10-7-24(8-11-26)20-29(34(48)40-22)43-32(46)14-13-31-41-27-12-9-25(38)21-28(27)42-31/h2-12,21-22,29-30H,13-20H2,1H3,(H,39,50)(H,40,48)(H,41,42)(H,43,46)(H,44,47)(H,45,49)/t22-,29-,30+/m0/s1. The monoisotopic (exact) mass is 697 g/mol. The first-order valence-corrected chi connectivity index (χ1v) is 17.0. The Kier molecular flexibility index (Phi) is 10.6. The molecule has 6 N–H and O–H groups in total. The molecule has 0 radical (unpaired) electrons. The fourth-order valence-electron chi connectivity index (χ4n) is 5.91. The van der Waals surface area contributed by atoms with E-state index in [0.717, 1.165) is 11.1 Å². The number of halogens is 1. The summed E-state index contributed by atoms with van der Waals surface area (Å²) in [7, 11) is 0. The fraction of sp³-hybridized carbons (Fsp3) is 0.351. The SMILES string of the molecule is C[C@@H]1NC(=O)[C@@H](NC(=O)CCc2nc3ccc(F)cc3[nH]2)Cc2ccc(cc2)OCCNC(=O)C2(CC2)NC(=O)[C@@H](Cc2ccccc2)NC1=O. The average molecular weight is 698 g/mol. The Bertz CT molecular complexity index is 1910. The van der Waals surface area contributed by atoms with Gasteiger partial charge in [-0.2, -0.15) is 0 Å². The predicted octanol–water partition coefficient (Wildman–Crippen LogP) is 1.75. The molecule has 1 aliphatic carbocycles. The summed E-state index contributed by atoms with van der Waals surface area (Å²) in [5.74, 6) is -1.86. The van der Waals surface area contributed by atoms with E-state index in [9.17, 15) is 28.4 Å². The maximum atomic E-state index is 13.7. The summed E-state index contributed by atoms with van der Waals surface area (Å²) in [6.07, 6.45) is 1.37. The van der Waals surface area contributed by atoms with E-state index in [2.05, 4.69) is 36.6 Å². The van der Waals surface area contributed by atoms with Gasteiger partial charge in [0.25, 0.3) is 0 Å². The van der Waals surface area contributed by atoms with E-state index >= 15 is 0 Å². The van der Waals surface area contributed by atoms with Crippen LogP contribution in [0.4, 0.5) is 4.39 Å². The van der Waals surface area contributed by atoms with E-state index in [0.29, 0.717) is 35.4 Å². The average Bonchev–Trinajstić information content (AvgIpc) is 3.79. The smallest absolute Gasteiger partial charge is 0.245 e. The van der Waals surface area contributed by atoms with Crippen molar-refractivity contribution in [3.63, 3.8) is 0 Å². The molecule has 0 saturated heterocycles. The van der Waals surface area contributed by atoms with Crippen molar-refractivity contribution in [2.75, 3.05) is 13.2 Å². The van der Waals surface area contributed by atoms with Crippen LogP contribution < -0.4 is 31.3 Å². The Morgan fingerprint density at radius 3 is 2.47 bits per heavy atom. The Balaban J connectivity index is 1.18. The van der Waals surface area contributed by atoms with Crippen molar-refractivity contribution in [2.24, 2.45) is 0 Å². The molecular formula is C37H40FN7O6. The summed E-state index contributed by atoms with van der Waals surface area (Å²) >= 11 is 0. The second-order valence-corrected chi connectivity index (χ2v) is 13.0. The van der Waals surface area contributed by atoms with Gasteiger partial charge in [0.15, 0.2) is 0 Å². The van der Waals surface area contributed by atoms with Crippen LogP contribution in [0.1, 0.15) is 43.1 Å². The Morgan fingerprint density at radius 2 is 1.73 bits per heavy atom. The number of hydrogen-bond acceptors (Lipinski definition) is 7. The normalized spacial score (nSPS) is 21.2. The first-order valence-electron chi connectivity index (χ1n) is 17.0. The number of aromatic amines is 1. The van der Waals surface area contributed by atoms with E-state index < -0.39 is 53.1 Å². The number of imidazole rings is 1. The lowest BCUT2D eigenvalue weighted by atomic mass is 10.0. The van der Waals surface area contributed by atoms with Crippen molar-refractivity contribution in [3.05, 3.63) is 95.6 Å². The zero-order valence-corrected chi connectivity index (χ0v) is 28.1. The highest BCUT2D eigenvalue weighted by Gasteiger charge is 2.51. The van der Waals surface area contributed by atoms with Crippen molar-refractivity contribution in [2.45, 2.75) is 69.1 Å². The van der Waals surface area contributed by atoms with Gasteiger partial charge in [0.1, 0.15) is 47.7 Å². The Labute approximate surface area is 293 Å². The minimum absolute atomic E-state index is 0.0107. The number of benzene rings is 3. The second-order valence-electron chi connectivity index (χ2n) is 13.0. The molecule has 3 aromatic carbocycles. The maximum absolute atomic E-state index is 13.7. The van der Waals surface area contributed by atoms with Gasteiger partial charge in [-0.3, -0.25) is 24.0 Å². The molecule has 4 aromatic rings. The van der Waals surface area contributed by atoms with Gasteiger partial charge in [0.05, 0.1) is 17.6 Å². The molecule has 1 saturated carbocycles. The molecule has 51 heavy (non-hydrogen) atoms. The summed E-state index contributed by atoms with van der Waals surface area (Å²) in [5.41, 5.74) is 1.52. The fourth-order valence-corrected chi connectivity index (χ4v) is 5.91. The van der Waals surface area contributed by atoms with Crippen molar-refractivity contribution >= 4 is 40.6 Å². The van der Waals surface area contributed by atoms with E-state index in [4.69, 9.17) is 4.74 Å². The quantitative estimate of drug-likeness (QED) is 0.166. The minimum Gasteiger partial charge on any atom is -0.492 e. The highest BCUT2D eigenvalue weighted by atomic mass is 19.1. The van der Waals surface area contributed by atoms with E-state index in [1.807, 2.05) is 30.3 Å². The van der Waals surface area contributed by atoms with Gasteiger partial charge in [0, 0.05) is 25.7 Å². The number of carbonyl (C=O) groups excluding carboxylic acids is 5. The molecule has 0 unspecified atom stereocenters. The van der Waals surface area contributed by atoms with Gasteiger partial charge >= 0.3 is 0 Å². The van der Waals surface area contributed by atoms with Crippen LogP contribution in [0.15, 0.2) is 72.8 Å². The number of hydrogen-bond donors (Lipinski definition) is 6. The zero-order valence-electron chi connectivity index (χ0n) is 28.1. The first kappa shape index (κ1) is 35.1. The van der Waals surface area contributed by atoms with E-state index in [1.165, 1.54) is 19.1 Å². The molecule has 7 rings (SSSR count). The van der Waals surface area contributed by atoms with Crippen LogP contribution in [0, 0.1) is 5.82 Å². The topological polar surface area (TPSA) is 183 Å².